The van der Waals surface area contributed by atoms with Crippen molar-refractivity contribution >= 4 is 11.5 Å². The van der Waals surface area contributed by atoms with Gasteiger partial charge in [-0.05, 0) is 37.0 Å². The van der Waals surface area contributed by atoms with E-state index in [9.17, 15) is 5.26 Å². The summed E-state index contributed by atoms with van der Waals surface area (Å²) in [5.74, 6) is 1.88. The van der Waals surface area contributed by atoms with Crippen molar-refractivity contribution < 1.29 is 4.74 Å². The number of nitriles is 1. The minimum absolute atomic E-state index is 0.209. The lowest BCUT2D eigenvalue weighted by molar-refractivity contribution is 0.164. The third kappa shape index (κ3) is 3.18. The number of hydrogen-bond acceptors (Lipinski definition) is 6. The van der Waals surface area contributed by atoms with Crippen LogP contribution in [0.25, 0.3) is 5.70 Å². The Kier molecular flexibility index (Phi) is 4.64. The Morgan fingerprint density at radius 1 is 1.20 bits per heavy atom. The summed E-state index contributed by atoms with van der Waals surface area (Å²) in [6.45, 7) is 0.343. The fraction of sp³-hybridized carbons (Fsp3) is 0.250. The number of nitrogens with zero attached hydrogens (tertiary/aromatic N) is 3. The zero-order chi connectivity index (χ0) is 20.5. The number of nitrogens with one attached hydrogen (secondary N) is 1. The lowest BCUT2D eigenvalue weighted by atomic mass is 9.82. The molecule has 0 spiro atoms. The van der Waals surface area contributed by atoms with Crippen LogP contribution in [0.15, 0.2) is 71.6 Å². The van der Waals surface area contributed by atoms with E-state index in [1.165, 1.54) is 19.3 Å². The predicted octanol–water partition coefficient (Wildman–Crippen LogP) is 3.68. The molecule has 30 heavy (non-hydrogen) atoms. The van der Waals surface area contributed by atoms with Gasteiger partial charge in [0, 0.05) is 23.5 Å². The maximum absolute atomic E-state index is 9.28. The van der Waals surface area contributed by atoms with E-state index in [-0.39, 0.29) is 6.17 Å². The highest BCUT2D eigenvalue weighted by Crippen LogP contribution is 2.39. The van der Waals surface area contributed by atoms with Gasteiger partial charge in [0.25, 0.3) is 0 Å². The van der Waals surface area contributed by atoms with Gasteiger partial charge in [0.1, 0.15) is 30.1 Å². The third-order valence-corrected chi connectivity index (χ3v) is 6.02. The summed E-state index contributed by atoms with van der Waals surface area (Å²) in [6, 6.07) is 17.7. The number of benzene rings is 2. The Hall–Kier alpha value is -3.72. The topological polar surface area (TPSA) is 86.7 Å². The molecular weight excluding hydrogens is 374 g/mol. The number of aliphatic imine (C=N–C) groups is 1. The lowest BCUT2D eigenvalue weighted by Crippen LogP contribution is -2.45. The predicted molar refractivity (Wildman–Crippen MR) is 116 cm³/mol. The van der Waals surface area contributed by atoms with Gasteiger partial charge in [-0.1, -0.05) is 36.8 Å². The van der Waals surface area contributed by atoms with Crippen LogP contribution in [0.2, 0.25) is 0 Å². The molecular formula is C24H23N5O. The Morgan fingerprint density at radius 3 is 2.87 bits per heavy atom. The molecule has 3 aliphatic rings. The van der Waals surface area contributed by atoms with Gasteiger partial charge >= 0.3 is 0 Å². The maximum atomic E-state index is 9.28. The second-order valence-corrected chi connectivity index (χ2v) is 7.81. The molecule has 6 heteroatoms. The van der Waals surface area contributed by atoms with Crippen molar-refractivity contribution in [3.8, 4) is 11.8 Å². The molecule has 1 unspecified atom stereocenters. The standard InChI is InChI=1S/C24H23N5O/c25-14-18-5-1-2-6-19(18)15-30-20-10-4-9-17(13-20)21-22-23(26)27-11-12-29(22)24(28-21)16-7-3-8-16/h1-2,4-6,9-13,16,24,28H,3,7-8,15H2,(H2,26,27). The van der Waals surface area contributed by atoms with Crippen molar-refractivity contribution in [3.05, 3.63) is 83.3 Å². The van der Waals surface area contributed by atoms with Crippen LogP contribution >= 0.6 is 0 Å². The molecule has 0 radical (unpaired) electrons. The van der Waals surface area contributed by atoms with Crippen LogP contribution < -0.4 is 15.8 Å². The Labute approximate surface area is 176 Å². The number of fused-ring (bicyclic) bond motifs is 1. The zero-order valence-corrected chi connectivity index (χ0v) is 16.6. The first kappa shape index (κ1) is 18.3. The summed E-state index contributed by atoms with van der Waals surface area (Å²) < 4.78 is 6.01. The molecule has 0 amide bonds. The molecule has 1 aliphatic carbocycles. The molecule has 1 saturated carbocycles. The van der Waals surface area contributed by atoms with E-state index < -0.39 is 0 Å². The van der Waals surface area contributed by atoms with Crippen molar-refractivity contribution in [2.75, 3.05) is 0 Å². The number of rotatable bonds is 5. The minimum Gasteiger partial charge on any atom is -0.489 e. The molecule has 1 fully saturated rings. The van der Waals surface area contributed by atoms with Gasteiger partial charge in [0.2, 0.25) is 0 Å². The van der Waals surface area contributed by atoms with Gasteiger partial charge in [-0.15, -0.1) is 0 Å². The number of ether oxygens (including phenoxy) is 1. The Morgan fingerprint density at radius 2 is 2.07 bits per heavy atom. The van der Waals surface area contributed by atoms with Gasteiger partial charge in [-0.3, -0.25) is 0 Å². The molecule has 1 atom stereocenters. The van der Waals surface area contributed by atoms with Crippen LogP contribution in [0.3, 0.4) is 0 Å². The normalized spacial score (nSPS) is 20.2. The molecule has 150 valence electrons. The van der Waals surface area contributed by atoms with Crippen molar-refractivity contribution in [1.29, 1.82) is 5.26 Å². The summed E-state index contributed by atoms with van der Waals surface area (Å²) in [5, 5.41) is 13.0. The van der Waals surface area contributed by atoms with E-state index in [1.54, 1.807) is 12.3 Å². The Bertz CT molecular complexity index is 1110. The fourth-order valence-electron chi connectivity index (χ4n) is 4.21. The molecule has 0 saturated heterocycles. The van der Waals surface area contributed by atoms with Crippen LogP contribution in [0.4, 0.5) is 0 Å². The highest BCUT2D eigenvalue weighted by molar-refractivity contribution is 6.05. The highest BCUT2D eigenvalue weighted by Gasteiger charge is 2.40. The van der Waals surface area contributed by atoms with E-state index in [1.807, 2.05) is 42.6 Å². The van der Waals surface area contributed by atoms with Gasteiger partial charge in [-0.25, -0.2) is 4.99 Å². The van der Waals surface area contributed by atoms with Crippen molar-refractivity contribution in [1.82, 2.24) is 10.2 Å². The molecule has 2 aromatic rings. The smallest absolute Gasteiger partial charge is 0.149 e. The van der Waals surface area contributed by atoms with Gasteiger partial charge in [0.15, 0.2) is 0 Å². The number of amidine groups is 1. The molecule has 6 nitrogen and oxygen atoms in total. The van der Waals surface area contributed by atoms with Crippen molar-refractivity contribution in [3.63, 3.8) is 0 Å². The maximum Gasteiger partial charge on any atom is 0.149 e. The van der Waals surface area contributed by atoms with E-state index in [2.05, 4.69) is 27.3 Å². The summed E-state index contributed by atoms with van der Waals surface area (Å²) in [5.41, 5.74) is 10.7. The highest BCUT2D eigenvalue weighted by atomic mass is 16.5. The van der Waals surface area contributed by atoms with Gasteiger partial charge < -0.3 is 20.7 Å². The van der Waals surface area contributed by atoms with Crippen LogP contribution in [-0.4, -0.2) is 16.9 Å². The minimum atomic E-state index is 0.209. The molecule has 3 N–H and O–H groups in total. The van der Waals surface area contributed by atoms with E-state index in [0.717, 1.165) is 28.3 Å². The fourth-order valence-corrected chi connectivity index (χ4v) is 4.21. The first-order valence-electron chi connectivity index (χ1n) is 10.3. The monoisotopic (exact) mass is 397 g/mol. The molecule has 5 rings (SSSR count). The molecule has 2 heterocycles. The third-order valence-electron chi connectivity index (χ3n) is 6.02. The molecule has 2 aromatic carbocycles. The first-order chi connectivity index (χ1) is 14.7. The van der Waals surface area contributed by atoms with Gasteiger partial charge in [-0.2, -0.15) is 5.26 Å². The molecule has 0 bridgehead atoms. The van der Waals surface area contributed by atoms with E-state index >= 15 is 0 Å². The van der Waals surface area contributed by atoms with E-state index in [0.29, 0.717) is 23.9 Å². The van der Waals surface area contributed by atoms with E-state index in [4.69, 9.17) is 10.5 Å². The average Bonchev–Trinajstić information content (AvgIpc) is 3.12. The number of hydrogen-bond donors (Lipinski definition) is 2. The molecule has 2 aliphatic heterocycles. The lowest BCUT2D eigenvalue weighted by Gasteiger charge is -2.37. The van der Waals surface area contributed by atoms with Crippen molar-refractivity contribution in [2.45, 2.75) is 32.0 Å². The van der Waals surface area contributed by atoms with Crippen LogP contribution in [0.1, 0.15) is 36.0 Å². The van der Waals surface area contributed by atoms with Crippen LogP contribution in [-0.2, 0) is 6.61 Å². The number of nitrogens with two attached hydrogens (primary N) is 1. The van der Waals surface area contributed by atoms with Crippen LogP contribution in [0.5, 0.6) is 5.75 Å². The SMILES string of the molecule is N#Cc1ccccc1COc1cccc(C2=C3C(N)=NC=CN3C(C3CCC3)N2)c1. The van der Waals surface area contributed by atoms with Gasteiger partial charge in [0.05, 0.1) is 17.3 Å². The summed E-state index contributed by atoms with van der Waals surface area (Å²) in [4.78, 5) is 6.54. The summed E-state index contributed by atoms with van der Waals surface area (Å²) in [7, 11) is 0. The summed E-state index contributed by atoms with van der Waals surface area (Å²) >= 11 is 0. The molecule has 0 aromatic heterocycles. The first-order valence-corrected chi connectivity index (χ1v) is 10.3. The quantitative estimate of drug-likeness (QED) is 0.804. The second kappa shape index (κ2) is 7.60. The largest absolute Gasteiger partial charge is 0.489 e. The van der Waals surface area contributed by atoms with Crippen LogP contribution in [0, 0.1) is 17.2 Å². The zero-order valence-electron chi connectivity index (χ0n) is 16.6. The average molecular weight is 397 g/mol. The second-order valence-electron chi connectivity index (χ2n) is 7.81. The Balaban J connectivity index is 1.42. The summed E-state index contributed by atoms with van der Waals surface area (Å²) in [6.07, 6.45) is 7.71. The van der Waals surface area contributed by atoms with Crippen molar-refractivity contribution in [2.24, 2.45) is 16.6 Å².